The van der Waals surface area contributed by atoms with E-state index in [9.17, 15) is 0 Å². The fourth-order valence-electron chi connectivity index (χ4n) is 2.75. The highest BCUT2D eigenvalue weighted by molar-refractivity contribution is 4.98. The molecule has 3 N–H and O–H groups in total. The maximum atomic E-state index is 6.01. The first kappa shape index (κ1) is 13.0. The van der Waals surface area contributed by atoms with Crippen molar-refractivity contribution in [3.8, 4) is 0 Å². The second-order valence-electron chi connectivity index (χ2n) is 5.92. The molecule has 1 saturated carbocycles. The van der Waals surface area contributed by atoms with E-state index in [-0.39, 0.29) is 5.54 Å². The predicted octanol–water partition coefficient (Wildman–Crippen LogP) is 2.39. The summed E-state index contributed by atoms with van der Waals surface area (Å²) in [6.45, 7) is 11.1. The molecule has 2 heteroatoms. The molecule has 90 valence electrons. The molecule has 0 saturated heterocycles. The van der Waals surface area contributed by atoms with Gasteiger partial charge in [0.2, 0.25) is 0 Å². The average Bonchev–Trinajstić information content (AvgIpc) is 2.19. The highest BCUT2D eigenvalue weighted by Crippen LogP contribution is 2.36. The summed E-state index contributed by atoms with van der Waals surface area (Å²) in [4.78, 5) is 0. The van der Waals surface area contributed by atoms with E-state index in [1.165, 1.54) is 19.3 Å². The van der Waals surface area contributed by atoms with Gasteiger partial charge in [0.1, 0.15) is 0 Å². The molecule has 2 nitrogen and oxygen atoms in total. The predicted molar refractivity (Wildman–Crippen MR) is 66.8 cm³/mol. The molecule has 3 unspecified atom stereocenters. The third-order valence-electron chi connectivity index (χ3n) is 3.98. The van der Waals surface area contributed by atoms with Gasteiger partial charge in [-0.1, -0.05) is 34.1 Å². The van der Waals surface area contributed by atoms with E-state index in [2.05, 4.69) is 33.0 Å². The van der Waals surface area contributed by atoms with Crippen molar-refractivity contribution in [3.63, 3.8) is 0 Å². The van der Waals surface area contributed by atoms with Gasteiger partial charge in [0, 0.05) is 12.1 Å². The quantitative estimate of drug-likeness (QED) is 0.751. The van der Waals surface area contributed by atoms with Crippen LogP contribution in [0, 0.1) is 17.8 Å². The second kappa shape index (κ2) is 5.31. The summed E-state index contributed by atoms with van der Waals surface area (Å²) < 4.78 is 0. The van der Waals surface area contributed by atoms with Crippen LogP contribution in [0.4, 0.5) is 0 Å². The number of nitrogens with two attached hydrogens (primary N) is 1. The van der Waals surface area contributed by atoms with Crippen molar-refractivity contribution in [1.29, 1.82) is 0 Å². The summed E-state index contributed by atoms with van der Waals surface area (Å²) in [7, 11) is 0. The van der Waals surface area contributed by atoms with Crippen LogP contribution in [-0.4, -0.2) is 18.6 Å². The van der Waals surface area contributed by atoms with Crippen LogP contribution in [0.3, 0.4) is 0 Å². The monoisotopic (exact) mass is 212 g/mol. The molecule has 0 amide bonds. The average molecular weight is 212 g/mol. The molecule has 0 spiro atoms. The van der Waals surface area contributed by atoms with E-state index in [1.807, 2.05) is 0 Å². The Morgan fingerprint density at radius 3 is 2.53 bits per heavy atom. The van der Waals surface area contributed by atoms with E-state index in [4.69, 9.17) is 5.73 Å². The summed E-state index contributed by atoms with van der Waals surface area (Å²) in [5, 5.41) is 3.74. The van der Waals surface area contributed by atoms with Gasteiger partial charge in [0.15, 0.2) is 0 Å². The lowest BCUT2D eigenvalue weighted by atomic mass is 9.69. The van der Waals surface area contributed by atoms with Gasteiger partial charge in [0.25, 0.3) is 0 Å². The zero-order valence-corrected chi connectivity index (χ0v) is 10.8. The summed E-state index contributed by atoms with van der Waals surface area (Å²) in [5.74, 6) is 2.25. The second-order valence-corrected chi connectivity index (χ2v) is 5.92. The first-order valence-corrected chi connectivity index (χ1v) is 6.45. The van der Waals surface area contributed by atoms with Crippen molar-refractivity contribution in [1.82, 2.24) is 5.32 Å². The van der Waals surface area contributed by atoms with Gasteiger partial charge < -0.3 is 11.1 Å². The highest BCUT2D eigenvalue weighted by Gasteiger charge is 2.38. The molecular formula is C13H28N2. The van der Waals surface area contributed by atoms with Gasteiger partial charge in [-0.25, -0.2) is 0 Å². The summed E-state index contributed by atoms with van der Waals surface area (Å²) >= 11 is 0. The molecule has 0 bridgehead atoms. The maximum absolute atomic E-state index is 6.01. The molecule has 0 radical (unpaired) electrons. The standard InChI is InChI=1S/C13H28N2/c1-10(2)8-15-13(9-14)7-11(3)5-6-12(13)4/h10-12,15H,5-9,14H2,1-4H3. The minimum Gasteiger partial charge on any atom is -0.329 e. The number of nitrogens with one attached hydrogen (secondary N) is 1. The normalized spacial score (nSPS) is 37.2. The van der Waals surface area contributed by atoms with Crippen LogP contribution in [0.2, 0.25) is 0 Å². The van der Waals surface area contributed by atoms with Gasteiger partial charge >= 0.3 is 0 Å². The lowest BCUT2D eigenvalue weighted by Crippen LogP contribution is -2.59. The van der Waals surface area contributed by atoms with E-state index >= 15 is 0 Å². The molecule has 0 aromatic heterocycles. The van der Waals surface area contributed by atoms with E-state index in [0.717, 1.165) is 24.9 Å². The molecule has 0 aliphatic heterocycles. The molecule has 0 aromatic carbocycles. The summed E-state index contributed by atoms with van der Waals surface area (Å²) in [5.41, 5.74) is 6.22. The van der Waals surface area contributed by atoms with Crippen LogP contribution in [0.15, 0.2) is 0 Å². The minimum absolute atomic E-state index is 0.210. The number of hydrogen-bond donors (Lipinski definition) is 2. The van der Waals surface area contributed by atoms with Crippen LogP contribution < -0.4 is 11.1 Å². The molecular weight excluding hydrogens is 184 g/mol. The first-order chi connectivity index (χ1) is 7.00. The third-order valence-corrected chi connectivity index (χ3v) is 3.98. The Morgan fingerprint density at radius 2 is 2.00 bits per heavy atom. The van der Waals surface area contributed by atoms with Crippen LogP contribution in [0.5, 0.6) is 0 Å². The molecule has 15 heavy (non-hydrogen) atoms. The van der Waals surface area contributed by atoms with Crippen LogP contribution >= 0.6 is 0 Å². The van der Waals surface area contributed by atoms with Crippen LogP contribution in [-0.2, 0) is 0 Å². The molecule has 3 atom stereocenters. The highest BCUT2D eigenvalue weighted by atomic mass is 15.0. The van der Waals surface area contributed by atoms with Gasteiger partial charge in [-0.05, 0) is 37.1 Å². The van der Waals surface area contributed by atoms with Crippen molar-refractivity contribution < 1.29 is 0 Å². The first-order valence-electron chi connectivity index (χ1n) is 6.45. The summed E-state index contributed by atoms with van der Waals surface area (Å²) in [6.07, 6.45) is 3.94. The largest absolute Gasteiger partial charge is 0.329 e. The van der Waals surface area contributed by atoms with Crippen molar-refractivity contribution in [2.75, 3.05) is 13.1 Å². The smallest absolute Gasteiger partial charge is 0.0332 e. The minimum atomic E-state index is 0.210. The fraction of sp³-hybridized carbons (Fsp3) is 1.00. The fourth-order valence-corrected chi connectivity index (χ4v) is 2.75. The Labute approximate surface area is 95.0 Å². The van der Waals surface area contributed by atoms with Crippen molar-refractivity contribution in [3.05, 3.63) is 0 Å². The number of hydrogen-bond acceptors (Lipinski definition) is 2. The Bertz CT molecular complexity index is 191. The van der Waals surface area contributed by atoms with Gasteiger partial charge in [0.05, 0.1) is 0 Å². The topological polar surface area (TPSA) is 38.0 Å². The van der Waals surface area contributed by atoms with Crippen molar-refractivity contribution in [2.45, 2.75) is 52.5 Å². The lowest BCUT2D eigenvalue weighted by Gasteiger charge is -2.45. The Balaban J connectivity index is 2.62. The third kappa shape index (κ3) is 3.18. The molecule has 1 fully saturated rings. The molecule has 0 heterocycles. The van der Waals surface area contributed by atoms with E-state index in [1.54, 1.807) is 0 Å². The van der Waals surface area contributed by atoms with Crippen molar-refractivity contribution in [2.24, 2.45) is 23.5 Å². The zero-order valence-electron chi connectivity index (χ0n) is 10.8. The Morgan fingerprint density at radius 1 is 1.33 bits per heavy atom. The molecule has 1 rings (SSSR count). The Kier molecular flexibility index (Phi) is 4.60. The maximum Gasteiger partial charge on any atom is 0.0332 e. The van der Waals surface area contributed by atoms with Crippen LogP contribution in [0.1, 0.15) is 47.0 Å². The molecule has 1 aliphatic carbocycles. The van der Waals surface area contributed by atoms with Gasteiger partial charge in [-0.2, -0.15) is 0 Å². The van der Waals surface area contributed by atoms with Gasteiger partial charge in [-0.3, -0.25) is 0 Å². The molecule has 0 aromatic rings. The van der Waals surface area contributed by atoms with E-state index < -0.39 is 0 Å². The van der Waals surface area contributed by atoms with Crippen LogP contribution in [0.25, 0.3) is 0 Å². The SMILES string of the molecule is CC(C)CNC1(CN)CC(C)CCC1C. The molecule has 1 aliphatic rings. The Hall–Kier alpha value is -0.0800. The van der Waals surface area contributed by atoms with E-state index in [0.29, 0.717) is 5.92 Å². The lowest BCUT2D eigenvalue weighted by molar-refractivity contribution is 0.123. The number of rotatable bonds is 4. The van der Waals surface area contributed by atoms with Crippen molar-refractivity contribution >= 4 is 0 Å². The summed E-state index contributed by atoms with van der Waals surface area (Å²) in [6, 6.07) is 0. The zero-order chi connectivity index (χ0) is 11.5. The van der Waals surface area contributed by atoms with Gasteiger partial charge in [-0.15, -0.1) is 0 Å².